The van der Waals surface area contributed by atoms with Crippen LogP contribution in [-0.4, -0.2) is 58.3 Å². The Bertz CT molecular complexity index is 941. The average Bonchev–Trinajstić information content (AvgIpc) is 3.24. The third-order valence-electron chi connectivity index (χ3n) is 5.38. The molecule has 1 fully saturated rings. The minimum absolute atomic E-state index is 0.140. The number of carbonyl (C=O) groups is 1. The molecule has 0 unspecified atom stereocenters. The Morgan fingerprint density at radius 2 is 2.00 bits per heavy atom. The number of piperidine rings is 1. The Balaban J connectivity index is 1.50. The largest absolute Gasteiger partial charge is 0.342 e. The van der Waals surface area contributed by atoms with Gasteiger partial charge in [0.2, 0.25) is 5.91 Å². The van der Waals surface area contributed by atoms with E-state index in [1.54, 1.807) is 12.1 Å². The molecule has 0 saturated carbocycles. The van der Waals surface area contributed by atoms with E-state index in [9.17, 15) is 9.18 Å². The van der Waals surface area contributed by atoms with E-state index in [0.717, 1.165) is 47.8 Å². The number of halogens is 1. The molecular formula is C20H23FN4OS. The highest BCUT2D eigenvalue weighted by Gasteiger charge is 2.24. The maximum Gasteiger partial charge on any atom is 0.228 e. The molecule has 1 aromatic carbocycles. The number of benzene rings is 1. The van der Waals surface area contributed by atoms with Gasteiger partial charge >= 0.3 is 0 Å². The van der Waals surface area contributed by atoms with Crippen molar-refractivity contribution in [3.05, 3.63) is 47.4 Å². The van der Waals surface area contributed by atoms with Crippen LogP contribution in [0.25, 0.3) is 16.2 Å². The van der Waals surface area contributed by atoms with Gasteiger partial charge in [-0.15, -0.1) is 11.3 Å². The zero-order valence-electron chi connectivity index (χ0n) is 15.6. The summed E-state index contributed by atoms with van der Waals surface area (Å²) in [7, 11) is 4.04. The number of hydrogen-bond donors (Lipinski definition) is 0. The molecule has 1 saturated heterocycles. The molecule has 7 heteroatoms. The minimum Gasteiger partial charge on any atom is -0.342 e. The van der Waals surface area contributed by atoms with Crippen LogP contribution < -0.4 is 0 Å². The molecule has 0 N–H and O–H groups in total. The number of hydrogen-bond acceptors (Lipinski definition) is 4. The molecule has 0 radical (unpaired) electrons. The lowest BCUT2D eigenvalue weighted by atomic mass is 10.0. The number of likely N-dealkylation sites (N-methyl/N-ethyl adjacent to an activating group) is 1. The van der Waals surface area contributed by atoms with E-state index in [-0.39, 0.29) is 11.7 Å². The summed E-state index contributed by atoms with van der Waals surface area (Å²) in [4.78, 5) is 22.5. The highest BCUT2D eigenvalue weighted by Crippen LogP contribution is 2.25. The number of fused-ring (bicyclic) bond motifs is 1. The Labute approximate surface area is 162 Å². The molecule has 1 aliphatic rings. The Morgan fingerprint density at radius 3 is 2.70 bits per heavy atom. The van der Waals surface area contributed by atoms with Crippen LogP contribution >= 0.6 is 11.3 Å². The van der Waals surface area contributed by atoms with Gasteiger partial charge in [-0.25, -0.2) is 9.37 Å². The van der Waals surface area contributed by atoms with Crippen LogP contribution in [-0.2, 0) is 11.2 Å². The van der Waals surface area contributed by atoms with Crippen LogP contribution in [0.4, 0.5) is 4.39 Å². The predicted octanol–water partition coefficient (Wildman–Crippen LogP) is 3.30. The number of carbonyl (C=O) groups excluding carboxylic acids is 1. The van der Waals surface area contributed by atoms with Gasteiger partial charge in [0.25, 0.3) is 0 Å². The third kappa shape index (κ3) is 3.75. The fourth-order valence-corrected chi connectivity index (χ4v) is 4.45. The smallest absolute Gasteiger partial charge is 0.228 e. The van der Waals surface area contributed by atoms with Crippen LogP contribution in [0.5, 0.6) is 0 Å². The van der Waals surface area contributed by atoms with Gasteiger partial charge in [0, 0.05) is 35.9 Å². The SMILES string of the molecule is CN1CCC(N(C)C(=O)Cc2csc3nc(-c4ccc(F)cc4)cn23)CC1. The highest BCUT2D eigenvalue weighted by atomic mass is 32.1. The first-order valence-electron chi connectivity index (χ1n) is 9.17. The number of thiazole rings is 1. The molecule has 0 spiro atoms. The molecule has 0 atom stereocenters. The molecule has 0 aliphatic carbocycles. The number of imidazole rings is 1. The summed E-state index contributed by atoms with van der Waals surface area (Å²) in [5.41, 5.74) is 2.60. The first-order chi connectivity index (χ1) is 13.0. The lowest BCUT2D eigenvalue weighted by molar-refractivity contribution is -0.132. The fraction of sp³-hybridized carbons (Fsp3) is 0.400. The molecule has 0 bridgehead atoms. The fourth-order valence-electron chi connectivity index (χ4n) is 3.58. The summed E-state index contributed by atoms with van der Waals surface area (Å²) in [5, 5.41) is 2.00. The molecule has 27 heavy (non-hydrogen) atoms. The van der Waals surface area contributed by atoms with Gasteiger partial charge in [-0.2, -0.15) is 0 Å². The van der Waals surface area contributed by atoms with Crippen molar-refractivity contribution in [3.63, 3.8) is 0 Å². The van der Waals surface area contributed by atoms with Gasteiger partial charge in [0.05, 0.1) is 12.1 Å². The second kappa shape index (κ2) is 7.40. The second-order valence-electron chi connectivity index (χ2n) is 7.23. The molecule has 3 heterocycles. The number of amides is 1. The zero-order chi connectivity index (χ0) is 19.0. The van der Waals surface area contributed by atoms with Gasteiger partial charge in [-0.3, -0.25) is 9.20 Å². The molecule has 2 aromatic heterocycles. The normalized spacial score (nSPS) is 16.1. The van der Waals surface area contributed by atoms with Gasteiger partial charge in [-0.05, 0) is 57.2 Å². The van der Waals surface area contributed by atoms with Gasteiger partial charge in [0.1, 0.15) is 5.82 Å². The molecule has 5 nitrogen and oxygen atoms in total. The van der Waals surface area contributed by atoms with Gasteiger partial charge in [-0.1, -0.05) is 0 Å². The van der Waals surface area contributed by atoms with Crippen LogP contribution in [0.2, 0.25) is 0 Å². The van der Waals surface area contributed by atoms with Crippen molar-refractivity contribution in [1.82, 2.24) is 19.2 Å². The quantitative estimate of drug-likeness (QED) is 0.691. The van der Waals surface area contributed by atoms with Crippen LogP contribution in [0.3, 0.4) is 0 Å². The molecule has 142 valence electrons. The third-order valence-corrected chi connectivity index (χ3v) is 6.27. The first-order valence-corrected chi connectivity index (χ1v) is 10.0. The molecule has 1 amide bonds. The topological polar surface area (TPSA) is 40.8 Å². The second-order valence-corrected chi connectivity index (χ2v) is 8.07. The predicted molar refractivity (Wildman–Crippen MR) is 105 cm³/mol. The van der Waals surface area contributed by atoms with Crippen LogP contribution in [0.15, 0.2) is 35.8 Å². The first kappa shape index (κ1) is 18.1. The molecule has 4 rings (SSSR count). The van der Waals surface area contributed by atoms with E-state index in [0.29, 0.717) is 12.5 Å². The summed E-state index contributed by atoms with van der Waals surface area (Å²) >= 11 is 1.52. The van der Waals surface area contributed by atoms with E-state index in [1.165, 1.54) is 23.5 Å². The van der Waals surface area contributed by atoms with Crippen molar-refractivity contribution in [2.24, 2.45) is 0 Å². The zero-order valence-corrected chi connectivity index (χ0v) is 16.4. The Hall–Kier alpha value is -2.25. The average molecular weight is 386 g/mol. The van der Waals surface area contributed by atoms with Crippen LogP contribution in [0.1, 0.15) is 18.5 Å². The van der Waals surface area contributed by atoms with Crippen molar-refractivity contribution in [1.29, 1.82) is 0 Å². The molecule has 3 aromatic rings. The van der Waals surface area contributed by atoms with Crippen LogP contribution in [0, 0.1) is 5.82 Å². The van der Waals surface area contributed by atoms with Crippen molar-refractivity contribution in [2.45, 2.75) is 25.3 Å². The lowest BCUT2D eigenvalue weighted by Crippen LogP contribution is -2.45. The summed E-state index contributed by atoms with van der Waals surface area (Å²) in [6.45, 7) is 2.07. The summed E-state index contributed by atoms with van der Waals surface area (Å²) < 4.78 is 15.1. The van der Waals surface area contributed by atoms with E-state index in [1.807, 2.05) is 27.9 Å². The molecular weight excluding hydrogens is 363 g/mol. The number of likely N-dealkylation sites (tertiary alicyclic amines) is 1. The van der Waals surface area contributed by atoms with Crippen molar-refractivity contribution in [2.75, 3.05) is 27.2 Å². The van der Waals surface area contributed by atoms with E-state index in [2.05, 4.69) is 16.9 Å². The number of aromatic nitrogens is 2. The van der Waals surface area contributed by atoms with E-state index < -0.39 is 0 Å². The standard InChI is InChI=1S/C20H23FN4OS/c1-23-9-7-16(8-10-23)24(2)19(26)11-17-13-27-20-22-18(12-25(17)20)14-3-5-15(21)6-4-14/h3-6,12-13,16H,7-11H2,1-2H3. The maximum absolute atomic E-state index is 13.1. The summed E-state index contributed by atoms with van der Waals surface area (Å²) in [6.07, 6.45) is 4.34. The van der Waals surface area contributed by atoms with Crippen molar-refractivity contribution < 1.29 is 9.18 Å². The monoisotopic (exact) mass is 386 g/mol. The summed E-state index contributed by atoms with van der Waals surface area (Å²) in [5.74, 6) is -0.121. The highest BCUT2D eigenvalue weighted by molar-refractivity contribution is 7.15. The van der Waals surface area contributed by atoms with Crippen molar-refractivity contribution >= 4 is 22.2 Å². The number of nitrogens with zero attached hydrogens (tertiary/aromatic N) is 4. The lowest BCUT2D eigenvalue weighted by Gasteiger charge is -2.35. The maximum atomic E-state index is 13.1. The van der Waals surface area contributed by atoms with E-state index in [4.69, 9.17) is 0 Å². The Morgan fingerprint density at radius 1 is 1.30 bits per heavy atom. The minimum atomic E-state index is -0.261. The molecule has 1 aliphatic heterocycles. The number of rotatable bonds is 4. The van der Waals surface area contributed by atoms with Crippen molar-refractivity contribution in [3.8, 4) is 11.3 Å². The summed E-state index contributed by atoms with van der Waals surface area (Å²) in [6, 6.07) is 6.63. The van der Waals surface area contributed by atoms with Gasteiger partial charge in [0.15, 0.2) is 4.96 Å². The van der Waals surface area contributed by atoms with E-state index >= 15 is 0 Å². The Kier molecular flexibility index (Phi) is 4.97. The van der Waals surface area contributed by atoms with Gasteiger partial charge < -0.3 is 9.80 Å².